The average molecular weight is 879 g/mol. The Balaban J connectivity index is 1.56. The number of esters is 1. The third-order valence-corrected chi connectivity index (χ3v) is 14.1. The van der Waals surface area contributed by atoms with Gasteiger partial charge in [-0.15, -0.1) is 0 Å². The van der Waals surface area contributed by atoms with Gasteiger partial charge in [0, 0.05) is 51.0 Å². The average Bonchev–Trinajstić information content (AvgIpc) is 3.26. The van der Waals surface area contributed by atoms with Gasteiger partial charge in [0.2, 0.25) is 5.75 Å². The number of likely N-dealkylation sites (N-methyl/N-ethyl adjacent to an activating group) is 2. The molecule has 4 aromatic carbocycles. The van der Waals surface area contributed by atoms with Gasteiger partial charge >= 0.3 is 5.97 Å². The maximum atomic E-state index is 13.4. The second kappa shape index (κ2) is 19.1. The normalized spacial score (nSPS) is 22.0. The van der Waals surface area contributed by atoms with E-state index in [2.05, 4.69) is 6.92 Å². The second-order valence-corrected chi connectivity index (χ2v) is 18.0. The predicted octanol–water partition coefficient (Wildman–Crippen LogP) is 6.73. The summed E-state index contributed by atoms with van der Waals surface area (Å²) in [4.78, 5) is 39.6. The largest absolute Gasteiger partial charge is 0.544 e. The van der Waals surface area contributed by atoms with Crippen molar-refractivity contribution in [3.63, 3.8) is 0 Å². The van der Waals surface area contributed by atoms with Crippen LogP contribution in [0.15, 0.2) is 60.7 Å². The number of unbranched alkanes of at least 4 members (excludes halogenated alkanes) is 2. The van der Waals surface area contributed by atoms with Crippen LogP contribution in [0, 0.1) is 0 Å². The summed E-state index contributed by atoms with van der Waals surface area (Å²) in [5.74, 6) is 0.00596. The van der Waals surface area contributed by atoms with Gasteiger partial charge in [-0.2, -0.15) is 0 Å². The van der Waals surface area contributed by atoms with Crippen molar-refractivity contribution < 1.29 is 62.0 Å². The maximum Gasteiger partial charge on any atom is 0.308 e. The molecule has 13 heteroatoms. The first-order chi connectivity index (χ1) is 30.7. The van der Waals surface area contributed by atoms with E-state index in [4.69, 9.17) is 28.4 Å². The molecule has 6 atom stereocenters. The van der Waals surface area contributed by atoms with E-state index in [1.165, 1.54) is 14.0 Å². The number of fused-ring (bicyclic) bond motifs is 2. The lowest BCUT2D eigenvalue weighted by atomic mass is 9.83. The fraction of sp³-hybridized carbons (Fsp3) is 0.471. The van der Waals surface area contributed by atoms with Crippen LogP contribution in [0.1, 0.15) is 105 Å². The molecular weight excluding hydrogens is 817 g/mol. The lowest BCUT2D eigenvalue weighted by molar-refractivity contribution is -0.958. The second-order valence-electron chi connectivity index (χ2n) is 18.0. The number of carboxylic acid groups (broad SMARTS) is 2. The molecule has 6 bridgehead atoms. The molecule has 342 valence electrons. The van der Waals surface area contributed by atoms with Gasteiger partial charge in [0.25, 0.3) is 0 Å². The summed E-state index contributed by atoms with van der Waals surface area (Å²) in [6, 6.07) is 16.7. The summed E-state index contributed by atoms with van der Waals surface area (Å²) in [5.41, 5.74) is 5.23. The lowest BCUT2D eigenvalue weighted by Gasteiger charge is -2.51. The SMILES string of the molecule is CCCCC(C(=O)[O-])[N+]1(C)CCc2cc(OC)c3cc2C1Cc1ccc(cc1)Oc1cc(ccc1OC)CC1c2c(cc(OC)c(OC(C)=O)c2O3)CC[N+]1(C)C(CCCC)C(=O)[O-]. The highest BCUT2D eigenvalue weighted by Crippen LogP contribution is 2.55. The van der Waals surface area contributed by atoms with Gasteiger partial charge < -0.3 is 57.2 Å². The fourth-order valence-electron chi connectivity index (χ4n) is 10.6. The third kappa shape index (κ3) is 8.84. The fourth-order valence-corrected chi connectivity index (χ4v) is 10.6. The minimum Gasteiger partial charge on any atom is -0.544 e. The molecule has 0 amide bonds. The zero-order valence-electron chi connectivity index (χ0n) is 38.5. The Bertz CT molecular complexity index is 2380. The van der Waals surface area contributed by atoms with Crippen LogP contribution >= 0.6 is 0 Å². The highest BCUT2D eigenvalue weighted by molar-refractivity contribution is 5.75. The van der Waals surface area contributed by atoms with Crippen LogP contribution < -0.4 is 38.6 Å². The zero-order chi connectivity index (χ0) is 45.9. The van der Waals surface area contributed by atoms with Gasteiger partial charge in [-0.1, -0.05) is 44.9 Å². The molecule has 0 aromatic heterocycles. The van der Waals surface area contributed by atoms with Crippen molar-refractivity contribution in [2.24, 2.45) is 0 Å². The molecule has 4 heterocycles. The molecule has 0 aliphatic carbocycles. The summed E-state index contributed by atoms with van der Waals surface area (Å²) < 4.78 is 37.9. The number of nitrogens with zero attached hydrogens (tertiary/aromatic N) is 2. The number of methoxy groups -OCH3 is 3. The van der Waals surface area contributed by atoms with Gasteiger partial charge in [0.1, 0.15) is 29.9 Å². The first-order valence-electron chi connectivity index (χ1n) is 22.5. The molecule has 0 radical (unpaired) electrons. The summed E-state index contributed by atoms with van der Waals surface area (Å²) in [7, 11) is 8.63. The van der Waals surface area contributed by atoms with E-state index in [1.807, 2.05) is 81.7 Å². The van der Waals surface area contributed by atoms with Gasteiger partial charge in [0.15, 0.2) is 34.5 Å². The molecule has 0 saturated heterocycles. The molecule has 4 aromatic rings. The number of rotatable bonds is 14. The number of aliphatic carboxylic acids is 2. The smallest absolute Gasteiger partial charge is 0.308 e. The molecular formula is C51H62N2O11. The topological polar surface area (TPSA) is 153 Å². The summed E-state index contributed by atoms with van der Waals surface area (Å²) in [6.45, 7) is 6.40. The lowest BCUT2D eigenvalue weighted by Crippen LogP contribution is -2.63. The maximum absolute atomic E-state index is 13.4. The van der Waals surface area contributed by atoms with Crippen LogP contribution in [-0.4, -0.2) is 87.5 Å². The van der Waals surface area contributed by atoms with E-state index in [0.29, 0.717) is 92.3 Å². The minimum absolute atomic E-state index is 0.0481. The highest BCUT2D eigenvalue weighted by Gasteiger charge is 2.49. The van der Waals surface area contributed by atoms with Crippen molar-refractivity contribution in [3.8, 4) is 46.0 Å². The van der Waals surface area contributed by atoms with Crippen molar-refractivity contribution in [2.45, 2.75) is 109 Å². The summed E-state index contributed by atoms with van der Waals surface area (Å²) in [6.07, 6.45) is 5.74. The number of hydrogen-bond acceptors (Lipinski definition) is 11. The van der Waals surface area contributed by atoms with E-state index < -0.39 is 36.0 Å². The van der Waals surface area contributed by atoms with Crippen LogP contribution in [-0.2, 0) is 40.1 Å². The first-order valence-corrected chi connectivity index (χ1v) is 22.5. The van der Waals surface area contributed by atoms with Crippen LogP contribution in [0.25, 0.3) is 0 Å². The third-order valence-electron chi connectivity index (χ3n) is 14.1. The molecule has 0 fully saturated rings. The number of ether oxygens (including phenoxy) is 6. The molecule has 6 unspecified atom stereocenters. The van der Waals surface area contributed by atoms with Crippen molar-refractivity contribution in [3.05, 3.63) is 94.0 Å². The number of carboxylic acids is 2. The quantitative estimate of drug-likeness (QED) is 0.0754. The van der Waals surface area contributed by atoms with Gasteiger partial charge in [0.05, 0.1) is 66.0 Å². The highest BCUT2D eigenvalue weighted by atomic mass is 16.6. The zero-order valence-corrected chi connectivity index (χ0v) is 38.5. The van der Waals surface area contributed by atoms with Gasteiger partial charge in [-0.25, -0.2) is 0 Å². The Hall–Kier alpha value is -5.79. The van der Waals surface area contributed by atoms with Crippen molar-refractivity contribution in [1.82, 2.24) is 0 Å². The number of carbonyl (C=O) groups excluding carboxylic acids is 3. The van der Waals surface area contributed by atoms with Crippen LogP contribution in [0.3, 0.4) is 0 Å². The van der Waals surface area contributed by atoms with E-state index in [1.54, 1.807) is 14.2 Å². The van der Waals surface area contributed by atoms with Crippen LogP contribution in [0.5, 0.6) is 46.0 Å². The van der Waals surface area contributed by atoms with E-state index in [-0.39, 0.29) is 32.3 Å². The van der Waals surface area contributed by atoms with Gasteiger partial charge in [-0.05, 0) is 77.6 Å². The standard InChI is InChI=1S/C51H62N2O11/c1-9-11-13-38(50(55)56)52(4)23-21-34-28-43(60-7)45-30-37(34)40(52)25-32-15-18-36(19-16-32)63-44-27-33(17-20-42(44)59-6)26-41-47-35(22-24-53(41,5)39(51(57)58)14-12-10-2)29-46(61-8)48(49(47)64-45)62-31(3)54/h15-20,27-30,38-41H,9-14,21-26H2,1-8H3. The van der Waals surface area contributed by atoms with Crippen LogP contribution in [0.2, 0.25) is 0 Å². The summed E-state index contributed by atoms with van der Waals surface area (Å²) in [5, 5.41) is 26.5. The predicted molar refractivity (Wildman–Crippen MR) is 236 cm³/mol. The van der Waals surface area contributed by atoms with Crippen LogP contribution in [0.4, 0.5) is 0 Å². The Labute approximate surface area is 376 Å². The molecule has 4 aliphatic heterocycles. The minimum atomic E-state index is -1.14. The molecule has 64 heavy (non-hydrogen) atoms. The number of carbonyl (C=O) groups is 3. The Kier molecular flexibility index (Phi) is 13.8. The molecule has 0 N–H and O–H groups in total. The van der Waals surface area contributed by atoms with E-state index in [0.717, 1.165) is 47.1 Å². The number of quaternary nitrogens is 2. The number of benzene rings is 4. The molecule has 4 aliphatic rings. The number of hydrogen-bond donors (Lipinski definition) is 0. The Morgan fingerprint density at radius 1 is 0.688 bits per heavy atom. The molecule has 8 rings (SSSR count). The Morgan fingerprint density at radius 2 is 1.23 bits per heavy atom. The molecule has 0 saturated carbocycles. The van der Waals surface area contributed by atoms with E-state index >= 15 is 0 Å². The monoisotopic (exact) mass is 878 g/mol. The van der Waals surface area contributed by atoms with Gasteiger partial charge in [-0.3, -0.25) is 4.79 Å². The molecule has 13 nitrogen and oxygen atoms in total. The van der Waals surface area contributed by atoms with Crippen molar-refractivity contribution in [1.29, 1.82) is 0 Å². The molecule has 0 spiro atoms. The van der Waals surface area contributed by atoms with E-state index in [9.17, 15) is 24.6 Å². The first kappa shape index (κ1) is 46.2. The summed E-state index contributed by atoms with van der Waals surface area (Å²) >= 11 is 0. The van der Waals surface area contributed by atoms with Crippen molar-refractivity contribution in [2.75, 3.05) is 48.5 Å². The van der Waals surface area contributed by atoms with Crippen molar-refractivity contribution >= 4 is 17.9 Å². The Morgan fingerprint density at radius 3 is 1.81 bits per heavy atom.